The van der Waals surface area contributed by atoms with Gasteiger partial charge in [0.1, 0.15) is 5.54 Å². The van der Waals surface area contributed by atoms with Crippen LogP contribution in [0, 0.1) is 11.8 Å². The van der Waals surface area contributed by atoms with Gasteiger partial charge in [-0.3, -0.25) is 0 Å². The average molecular weight is 270 g/mol. The van der Waals surface area contributed by atoms with Gasteiger partial charge in [0, 0.05) is 13.1 Å². The van der Waals surface area contributed by atoms with Gasteiger partial charge in [0.25, 0.3) is 0 Å². The third kappa shape index (κ3) is 4.40. The van der Waals surface area contributed by atoms with Crippen LogP contribution in [0.5, 0.6) is 0 Å². The van der Waals surface area contributed by atoms with Crippen LogP contribution < -0.4 is 5.32 Å². The van der Waals surface area contributed by atoms with Gasteiger partial charge in [0.2, 0.25) is 0 Å². The quantitative estimate of drug-likeness (QED) is 0.827. The van der Waals surface area contributed by atoms with Crippen LogP contribution in [0.4, 0.5) is 4.79 Å². The van der Waals surface area contributed by atoms with Crippen molar-refractivity contribution in [2.24, 2.45) is 11.8 Å². The van der Waals surface area contributed by atoms with Crippen LogP contribution in [0.3, 0.4) is 0 Å². The zero-order valence-electron chi connectivity index (χ0n) is 12.4. The van der Waals surface area contributed by atoms with Crippen molar-refractivity contribution in [3.63, 3.8) is 0 Å². The molecule has 1 saturated heterocycles. The highest BCUT2D eigenvalue weighted by molar-refractivity contribution is 5.85. The normalized spacial score (nSPS) is 21.1. The highest BCUT2D eigenvalue weighted by Crippen LogP contribution is 2.24. The topological polar surface area (TPSA) is 69.6 Å². The van der Waals surface area contributed by atoms with Gasteiger partial charge in [-0.2, -0.15) is 0 Å². The summed E-state index contributed by atoms with van der Waals surface area (Å²) in [5.74, 6) is 0.277. The van der Waals surface area contributed by atoms with Crippen molar-refractivity contribution in [3.05, 3.63) is 0 Å². The molecular formula is C14H26N2O3. The lowest BCUT2D eigenvalue weighted by molar-refractivity contribution is -0.143. The molecule has 0 aromatic heterocycles. The Hall–Kier alpha value is -1.26. The molecule has 1 rings (SSSR count). The van der Waals surface area contributed by atoms with Crippen LogP contribution in [-0.2, 0) is 4.79 Å². The van der Waals surface area contributed by atoms with Gasteiger partial charge in [-0.05, 0) is 44.9 Å². The largest absolute Gasteiger partial charge is 0.480 e. The number of aliphatic carboxylic acids is 1. The predicted molar refractivity (Wildman–Crippen MR) is 74.0 cm³/mol. The molecule has 1 heterocycles. The minimum absolute atomic E-state index is 0.267. The molecule has 5 nitrogen and oxygen atoms in total. The molecule has 1 fully saturated rings. The first-order valence-electron chi connectivity index (χ1n) is 7.04. The molecule has 2 amide bonds. The minimum atomic E-state index is -1.22. The highest BCUT2D eigenvalue weighted by Gasteiger charge is 2.31. The summed E-state index contributed by atoms with van der Waals surface area (Å²) in [4.78, 5) is 24.9. The maximum atomic E-state index is 12.1. The Kier molecular flexibility index (Phi) is 5.20. The summed E-state index contributed by atoms with van der Waals surface area (Å²) in [5.41, 5.74) is -1.22. The Labute approximate surface area is 115 Å². The number of carbonyl (C=O) groups excluding carboxylic acids is 1. The van der Waals surface area contributed by atoms with Crippen molar-refractivity contribution in [2.75, 3.05) is 13.1 Å². The van der Waals surface area contributed by atoms with Crippen molar-refractivity contribution in [2.45, 2.75) is 52.5 Å². The van der Waals surface area contributed by atoms with Crippen LogP contribution in [0.2, 0.25) is 0 Å². The number of urea groups is 1. The van der Waals surface area contributed by atoms with E-state index in [4.69, 9.17) is 5.11 Å². The number of hydrogen-bond acceptors (Lipinski definition) is 2. The Bertz CT molecular complexity index is 340. The van der Waals surface area contributed by atoms with Crippen LogP contribution >= 0.6 is 0 Å². The molecule has 0 radical (unpaired) electrons. The number of nitrogens with one attached hydrogen (secondary N) is 1. The molecular weight excluding hydrogens is 244 g/mol. The van der Waals surface area contributed by atoms with Gasteiger partial charge in [0.05, 0.1) is 0 Å². The van der Waals surface area contributed by atoms with E-state index in [1.54, 1.807) is 4.90 Å². The molecule has 1 atom stereocenters. The van der Waals surface area contributed by atoms with Gasteiger partial charge in [-0.1, -0.05) is 13.8 Å². The molecule has 19 heavy (non-hydrogen) atoms. The van der Waals surface area contributed by atoms with Gasteiger partial charge < -0.3 is 15.3 Å². The summed E-state index contributed by atoms with van der Waals surface area (Å²) in [6.45, 7) is 8.86. The fourth-order valence-electron chi connectivity index (χ4n) is 2.39. The second-order valence-corrected chi connectivity index (χ2v) is 6.28. The molecule has 0 aromatic rings. The number of carboxylic acids is 1. The number of carbonyl (C=O) groups is 2. The average Bonchev–Trinajstić information content (AvgIpc) is 2.53. The number of hydrogen-bond donors (Lipinski definition) is 2. The van der Waals surface area contributed by atoms with Crippen molar-refractivity contribution in [3.8, 4) is 0 Å². The Morgan fingerprint density at radius 3 is 2.42 bits per heavy atom. The van der Waals surface area contributed by atoms with Gasteiger partial charge in [-0.25, -0.2) is 9.59 Å². The minimum Gasteiger partial charge on any atom is -0.480 e. The highest BCUT2D eigenvalue weighted by atomic mass is 16.4. The van der Waals surface area contributed by atoms with E-state index in [9.17, 15) is 9.59 Å². The SMILES string of the molecule is CC(C)C1CCCN(C(=O)NC(C)(C)C(=O)O)CC1. The molecule has 110 valence electrons. The molecule has 0 bridgehead atoms. The molecule has 0 aromatic carbocycles. The Morgan fingerprint density at radius 1 is 1.26 bits per heavy atom. The fourth-order valence-corrected chi connectivity index (χ4v) is 2.39. The smallest absolute Gasteiger partial charge is 0.328 e. The first-order valence-corrected chi connectivity index (χ1v) is 7.04. The first-order chi connectivity index (χ1) is 8.74. The number of rotatable bonds is 3. The maximum absolute atomic E-state index is 12.1. The second-order valence-electron chi connectivity index (χ2n) is 6.28. The maximum Gasteiger partial charge on any atom is 0.328 e. The number of carboxylic acid groups (broad SMARTS) is 1. The molecule has 0 saturated carbocycles. The van der Waals surface area contributed by atoms with Crippen molar-refractivity contribution >= 4 is 12.0 Å². The van der Waals surface area contributed by atoms with Crippen molar-refractivity contribution < 1.29 is 14.7 Å². The molecule has 0 aliphatic carbocycles. The van der Waals surface area contributed by atoms with E-state index in [0.717, 1.165) is 19.3 Å². The summed E-state index contributed by atoms with van der Waals surface area (Å²) >= 11 is 0. The standard InChI is InChI=1S/C14H26N2O3/c1-10(2)11-6-5-8-16(9-7-11)13(19)15-14(3,4)12(17)18/h10-11H,5-9H2,1-4H3,(H,15,19)(H,17,18). The summed E-state index contributed by atoms with van der Waals surface area (Å²) in [5, 5.41) is 11.6. The van der Waals surface area contributed by atoms with Crippen LogP contribution in [-0.4, -0.2) is 40.6 Å². The van der Waals surface area contributed by atoms with Gasteiger partial charge in [0.15, 0.2) is 0 Å². The Balaban J connectivity index is 2.57. The fraction of sp³-hybridized carbons (Fsp3) is 0.857. The van der Waals surface area contributed by atoms with Crippen molar-refractivity contribution in [1.82, 2.24) is 10.2 Å². The monoisotopic (exact) mass is 270 g/mol. The zero-order chi connectivity index (χ0) is 14.6. The van der Waals surface area contributed by atoms with E-state index in [2.05, 4.69) is 19.2 Å². The Morgan fingerprint density at radius 2 is 1.89 bits per heavy atom. The van der Waals surface area contributed by atoms with E-state index in [1.807, 2.05) is 0 Å². The predicted octanol–water partition coefficient (Wildman–Crippen LogP) is 2.32. The second kappa shape index (κ2) is 6.26. The van der Waals surface area contributed by atoms with Crippen LogP contribution in [0.1, 0.15) is 47.0 Å². The van der Waals surface area contributed by atoms with E-state index in [-0.39, 0.29) is 6.03 Å². The first kappa shape index (κ1) is 15.8. The third-order valence-corrected chi connectivity index (χ3v) is 3.96. The van der Waals surface area contributed by atoms with Gasteiger partial charge >= 0.3 is 12.0 Å². The molecule has 2 N–H and O–H groups in total. The van der Waals surface area contributed by atoms with E-state index in [0.29, 0.717) is 24.9 Å². The molecule has 0 spiro atoms. The zero-order valence-corrected chi connectivity index (χ0v) is 12.4. The number of amides is 2. The summed E-state index contributed by atoms with van der Waals surface area (Å²) in [7, 11) is 0. The van der Waals surface area contributed by atoms with Crippen molar-refractivity contribution in [1.29, 1.82) is 0 Å². The molecule has 1 aliphatic heterocycles. The van der Waals surface area contributed by atoms with E-state index < -0.39 is 11.5 Å². The number of likely N-dealkylation sites (tertiary alicyclic amines) is 1. The van der Waals surface area contributed by atoms with Crippen LogP contribution in [0.25, 0.3) is 0 Å². The van der Waals surface area contributed by atoms with Gasteiger partial charge in [-0.15, -0.1) is 0 Å². The van der Waals surface area contributed by atoms with E-state index >= 15 is 0 Å². The molecule has 1 aliphatic rings. The van der Waals surface area contributed by atoms with Crippen LogP contribution in [0.15, 0.2) is 0 Å². The molecule has 5 heteroatoms. The number of nitrogens with zero attached hydrogens (tertiary/aromatic N) is 1. The lowest BCUT2D eigenvalue weighted by Gasteiger charge is -2.27. The summed E-state index contributed by atoms with van der Waals surface area (Å²) in [6, 6.07) is -0.267. The summed E-state index contributed by atoms with van der Waals surface area (Å²) < 4.78 is 0. The lowest BCUT2D eigenvalue weighted by Crippen LogP contribution is -2.54. The molecule has 1 unspecified atom stereocenters. The lowest BCUT2D eigenvalue weighted by atomic mass is 9.89. The third-order valence-electron chi connectivity index (χ3n) is 3.96. The summed E-state index contributed by atoms with van der Waals surface area (Å²) in [6.07, 6.45) is 3.13. The van der Waals surface area contributed by atoms with E-state index in [1.165, 1.54) is 13.8 Å².